The summed E-state index contributed by atoms with van der Waals surface area (Å²) in [6.07, 6.45) is 1.74. The van der Waals surface area contributed by atoms with Crippen molar-refractivity contribution in [3.05, 3.63) is 53.7 Å². The van der Waals surface area contributed by atoms with Crippen LogP contribution in [-0.4, -0.2) is 9.97 Å². The fraction of sp³-hybridized carbons (Fsp3) is 0.333. The number of halogens is 1. The molecule has 0 fully saturated rings. The Labute approximate surface area is 112 Å². The van der Waals surface area contributed by atoms with E-state index in [1.165, 1.54) is 12.1 Å². The van der Waals surface area contributed by atoms with E-state index in [1.807, 2.05) is 12.1 Å². The monoisotopic (exact) mass is 259 g/mol. The number of nitrogens with one attached hydrogen (secondary N) is 1. The van der Waals surface area contributed by atoms with Gasteiger partial charge in [-0.3, -0.25) is 0 Å². The Bertz CT molecular complexity index is 561. The number of benzene rings is 1. The Balaban J connectivity index is 2.08. The van der Waals surface area contributed by atoms with Crippen molar-refractivity contribution < 1.29 is 4.39 Å². The molecule has 1 aromatic carbocycles. The molecule has 0 aliphatic rings. The molecule has 0 amide bonds. The van der Waals surface area contributed by atoms with E-state index in [0.29, 0.717) is 6.54 Å². The molecule has 0 bridgehead atoms. The van der Waals surface area contributed by atoms with Crippen LogP contribution in [0.3, 0.4) is 0 Å². The molecule has 2 rings (SSSR count). The molecule has 100 valence electrons. The maximum Gasteiger partial charge on any atom is 0.135 e. The van der Waals surface area contributed by atoms with E-state index < -0.39 is 0 Å². The van der Waals surface area contributed by atoms with Gasteiger partial charge in [0, 0.05) is 18.2 Å². The second kappa shape index (κ2) is 5.34. The van der Waals surface area contributed by atoms with Crippen LogP contribution in [0, 0.1) is 5.82 Å². The van der Waals surface area contributed by atoms with Crippen molar-refractivity contribution in [1.29, 1.82) is 0 Å². The zero-order chi connectivity index (χ0) is 13.9. The van der Waals surface area contributed by atoms with Crippen molar-refractivity contribution in [1.82, 2.24) is 9.97 Å². The van der Waals surface area contributed by atoms with Crippen LogP contribution >= 0.6 is 0 Å². The lowest BCUT2D eigenvalue weighted by Gasteiger charge is -2.17. The molecule has 0 spiro atoms. The molecule has 2 aromatic rings. The van der Waals surface area contributed by atoms with E-state index in [9.17, 15) is 4.39 Å². The third kappa shape index (κ3) is 3.74. The molecule has 0 saturated heterocycles. The minimum Gasteiger partial charge on any atom is -0.366 e. The van der Waals surface area contributed by atoms with Gasteiger partial charge in [0.05, 0.1) is 0 Å². The van der Waals surface area contributed by atoms with Gasteiger partial charge in [0.2, 0.25) is 0 Å². The number of anilines is 1. The average molecular weight is 259 g/mol. The van der Waals surface area contributed by atoms with Gasteiger partial charge in [-0.2, -0.15) is 0 Å². The van der Waals surface area contributed by atoms with Gasteiger partial charge < -0.3 is 5.32 Å². The molecule has 0 unspecified atom stereocenters. The first-order valence-electron chi connectivity index (χ1n) is 6.27. The fourth-order valence-corrected chi connectivity index (χ4v) is 1.66. The summed E-state index contributed by atoms with van der Waals surface area (Å²) in [7, 11) is 0. The predicted molar refractivity (Wildman–Crippen MR) is 74.5 cm³/mol. The van der Waals surface area contributed by atoms with Crippen molar-refractivity contribution in [2.75, 3.05) is 5.32 Å². The van der Waals surface area contributed by atoms with Crippen molar-refractivity contribution in [3.63, 3.8) is 0 Å². The lowest BCUT2D eigenvalue weighted by Crippen LogP contribution is -2.16. The normalized spacial score (nSPS) is 11.4. The number of hydrogen-bond donors (Lipinski definition) is 1. The molecular formula is C15H18FN3. The molecule has 19 heavy (non-hydrogen) atoms. The molecular weight excluding hydrogens is 241 g/mol. The number of aromatic nitrogens is 2. The standard InChI is InChI=1S/C15H18FN3/c1-15(2,3)14-17-8-7-13(19-14)18-10-11-5-4-6-12(16)9-11/h4-9H,10H2,1-3H3,(H,17,18,19). The van der Waals surface area contributed by atoms with Crippen LogP contribution in [0.1, 0.15) is 32.2 Å². The first kappa shape index (κ1) is 13.5. The molecule has 3 nitrogen and oxygen atoms in total. The summed E-state index contributed by atoms with van der Waals surface area (Å²) in [6, 6.07) is 8.34. The van der Waals surface area contributed by atoms with Crippen LogP contribution < -0.4 is 5.32 Å². The highest BCUT2D eigenvalue weighted by atomic mass is 19.1. The Hall–Kier alpha value is -1.97. The molecule has 0 aliphatic carbocycles. The van der Waals surface area contributed by atoms with Crippen LogP contribution in [-0.2, 0) is 12.0 Å². The van der Waals surface area contributed by atoms with Gasteiger partial charge in [-0.25, -0.2) is 14.4 Å². The van der Waals surface area contributed by atoms with E-state index in [4.69, 9.17) is 0 Å². The van der Waals surface area contributed by atoms with Crippen molar-refractivity contribution in [2.45, 2.75) is 32.7 Å². The SMILES string of the molecule is CC(C)(C)c1nccc(NCc2cccc(F)c2)n1. The molecule has 1 heterocycles. The smallest absolute Gasteiger partial charge is 0.135 e. The second-order valence-corrected chi connectivity index (χ2v) is 5.50. The van der Waals surface area contributed by atoms with E-state index in [0.717, 1.165) is 17.2 Å². The van der Waals surface area contributed by atoms with Gasteiger partial charge in [0.15, 0.2) is 0 Å². The Kier molecular flexibility index (Phi) is 3.79. The first-order valence-corrected chi connectivity index (χ1v) is 6.27. The predicted octanol–water partition coefficient (Wildman–Crippen LogP) is 3.53. The quantitative estimate of drug-likeness (QED) is 0.916. The van der Waals surface area contributed by atoms with E-state index in [1.54, 1.807) is 12.3 Å². The van der Waals surface area contributed by atoms with Crippen molar-refractivity contribution in [3.8, 4) is 0 Å². The first-order chi connectivity index (χ1) is 8.95. The number of hydrogen-bond acceptors (Lipinski definition) is 3. The number of nitrogens with zero attached hydrogens (tertiary/aromatic N) is 2. The van der Waals surface area contributed by atoms with Gasteiger partial charge in [0.25, 0.3) is 0 Å². The van der Waals surface area contributed by atoms with Gasteiger partial charge in [0.1, 0.15) is 17.5 Å². The largest absolute Gasteiger partial charge is 0.366 e. The van der Waals surface area contributed by atoms with Crippen molar-refractivity contribution >= 4 is 5.82 Å². The summed E-state index contributed by atoms with van der Waals surface area (Å²) >= 11 is 0. The summed E-state index contributed by atoms with van der Waals surface area (Å²) in [5.74, 6) is 1.32. The van der Waals surface area contributed by atoms with Crippen LogP contribution in [0.15, 0.2) is 36.5 Å². The molecule has 1 aromatic heterocycles. The second-order valence-electron chi connectivity index (χ2n) is 5.50. The van der Waals surface area contributed by atoms with Gasteiger partial charge in [-0.05, 0) is 23.8 Å². The fourth-order valence-electron chi connectivity index (χ4n) is 1.66. The molecule has 4 heteroatoms. The summed E-state index contributed by atoms with van der Waals surface area (Å²) in [4.78, 5) is 8.73. The molecule has 0 saturated carbocycles. The third-order valence-electron chi connectivity index (χ3n) is 2.69. The zero-order valence-corrected chi connectivity index (χ0v) is 11.4. The highest BCUT2D eigenvalue weighted by Crippen LogP contribution is 2.19. The van der Waals surface area contributed by atoms with Crippen molar-refractivity contribution in [2.24, 2.45) is 0 Å². The van der Waals surface area contributed by atoms with Crippen LogP contribution in [0.2, 0.25) is 0 Å². The minimum atomic E-state index is -0.225. The third-order valence-corrected chi connectivity index (χ3v) is 2.69. The van der Waals surface area contributed by atoms with Crippen LogP contribution in [0.5, 0.6) is 0 Å². The molecule has 0 radical (unpaired) electrons. The summed E-state index contributed by atoms with van der Waals surface area (Å²) < 4.78 is 13.1. The molecule has 0 atom stereocenters. The topological polar surface area (TPSA) is 37.8 Å². The van der Waals surface area contributed by atoms with Crippen LogP contribution in [0.25, 0.3) is 0 Å². The van der Waals surface area contributed by atoms with Crippen LogP contribution in [0.4, 0.5) is 10.2 Å². The Morgan fingerprint density at radius 3 is 2.68 bits per heavy atom. The van der Waals surface area contributed by atoms with E-state index in [2.05, 4.69) is 36.1 Å². The highest BCUT2D eigenvalue weighted by Gasteiger charge is 2.17. The summed E-state index contributed by atoms with van der Waals surface area (Å²) in [6.45, 7) is 6.74. The molecule has 1 N–H and O–H groups in total. The lowest BCUT2D eigenvalue weighted by atomic mass is 9.96. The van der Waals surface area contributed by atoms with E-state index >= 15 is 0 Å². The Morgan fingerprint density at radius 2 is 2.00 bits per heavy atom. The maximum atomic E-state index is 13.1. The van der Waals surface area contributed by atoms with Gasteiger partial charge in [-0.15, -0.1) is 0 Å². The van der Waals surface area contributed by atoms with Gasteiger partial charge >= 0.3 is 0 Å². The van der Waals surface area contributed by atoms with Gasteiger partial charge in [-0.1, -0.05) is 32.9 Å². The zero-order valence-electron chi connectivity index (χ0n) is 11.4. The number of rotatable bonds is 3. The van der Waals surface area contributed by atoms with E-state index in [-0.39, 0.29) is 11.2 Å². The summed E-state index contributed by atoms with van der Waals surface area (Å²) in [5.41, 5.74) is 0.798. The summed E-state index contributed by atoms with van der Waals surface area (Å²) in [5, 5.41) is 3.18. The minimum absolute atomic E-state index is 0.0868. The highest BCUT2D eigenvalue weighted by molar-refractivity contribution is 5.35. The Morgan fingerprint density at radius 1 is 1.21 bits per heavy atom. The lowest BCUT2D eigenvalue weighted by molar-refractivity contribution is 0.546. The molecule has 0 aliphatic heterocycles. The maximum absolute atomic E-state index is 13.1. The average Bonchev–Trinajstić information content (AvgIpc) is 2.36.